The Balaban J connectivity index is 4.08. The molecule has 1 atom stereocenters. The van der Waals surface area contributed by atoms with Crippen molar-refractivity contribution in [3.8, 4) is 0 Å². The van der Waals surface area contributed by atoms with Crippen LogP contribution < -0.4 is 0 Å². The highest BCUT2D eigenvalue weighted by Gasteiger charge is 2.33. The van der Waals surface area contributed by atoms with E-state index in [0.717, 1.165) is 0 Å². The predicted octanol–water partition coefficient (Wildman–Crippen LogP) is 2.05. The van der Waals surface area contributed by atoms with Crippen molar-refractivity contribution >= 4 is 26.2 Å². The van der Waals surface area contributed by atoms with Gasteiger partial charge in [-0.3, -0.25) is 0 Å². The van der Waals surface area contributed by atoms with E-state index in [9.17, 15) is 0 Å². The fraction of sp³-hybridized carbons (Fsp3) is 1.00. The van der Waals surface area contributed by atoms with Crippen LogP contribution >= 0.6 is 0 Å². The molecule has 0 saturated heterocycles. The van der Waals surface area contributed by atoms with Gasteiger partial charge < -0.3 is 12.7 Å². The summed E-state index contributed by atoms with van der Waals surface area (Å²) in [6, 6.07) is 0. The smallest absolute Gasteiger partial charge is 0.312 e. The zero-order valence-electron chi connectivity index (χ0n) is 9.80. The monoisotopic (exact) mass is 238 g/mol. The minimum atomic E-state index is -1.92. The lowest BCUT2D eigenvalue weighted by Crippen LogP contribution is -2.47. The van der Waals surface area contributed by atoms with Gasteiger partial charge in [0.15, 0.2) is 8.32 Å². The van der Waals surface area contributed by atoms with Gasteiger partial charge in [0.1, 0.15) is 0 Å². The van der Waals surface area contributed by atoms with Crippen LogP contribution in [0.2, 0.25) is 39.3 Å². The summed E-state index contributed by atoms with van der Waals surface area (Å²) >= 11 is 0. The maximum absolute atomic E-state index is 6.01. The van der Waals surface area contributed by atoms with Crippen molar-refractivity contribution in [2.75, 3.05) is 7.11 Å². The molecule has 80 valence electrons. The summed E-state index contributed by atoms with van der Waals surface area (Å²) in [5.74, 6) is 0. The fourth-order valence-corrected chi connectivity index (χ4v) is 11.3. The summed E-state index contributed by atoms with van der Waals surface area (Å²) in [6.45, 7) is 12.8. The van der Waals surface area contributed by atoms with Crippen molar-refractivity contribution in [2.45, 2.75) is 39.3 Å². The molecule has 1 unspecified atom stereocenters. The average Bonchev–Trinajstić information content (AvgIpc) is 1.80. The van der Waals surface area contributed by atoms with Crippen LogP contribution in [-0.2, 0) is 12.7 Å². The summed E-state index contributed by atoms with van der Waals surface area (Å²) in [5, 5.41) is 0. The van der Waals surface area contributed by atoms with Crippen molar-refractivity contribution in [1.82, 2.24) is 0 Å². The van der Waals surface area contributed by atoms with Crippen LogP contribution in [0, 0.1) is 0 Å². The molecule has 0 spiro atoms. The number of hydrogen-bond donors (Lipinski definition) is 0. The Kier molecular flexibility index (Phi) is 5.05. The van der Waals surface area contributed by atoms with Crippen LogP contribution in [0.25, 0.3) is 0 Å². The highest BCUT2D eigenvalue weighted by Crippen LogP contribution is 2.15. The van der Waals surface area contributed by atoms with Crippen molar-refractivity contribution in [1.29, 1.82) is 0 Å². The Labute approximate surface area is 85.6 Å². The first kappa shape index (κ1) is 13.5. The van der Waals surface area contributed by atoms with Gasteiger partial charge in [-0.2, -0.15) is 0 Å². The highest BCUT2D eigenvalue weighted by molar-refractivity contribution is 6.83. The average molecular weight is 239 g/mol. The van der Waals surface area contributed by atoms with Gasteiger partial charge in [-0.05, 0) is 39.3 Å². The molecule has 0 amide bonds. The first-order chi connectivity index (χ1) is 5.66. The second-order valence-electron chi connectivity index (χ2n) is 4.54. The van der Waals surface area contributed by atoms with E-state index in [1.54, 1.807) is 7.11 Å². The molecule has 0 radical (unpaired) electrons. The molecule has 0 aromatic heterocycles. The lowest BCUT2D eigenvalue weighted by Gasteiger charge is -2.32. The molecule has 13 heavy (non-hydrogen) atoms. The van der Waals surface area contributed by atoms with Crippen LogP contribution in [0.3, 0.4) is 0 Å². The SMILES string of the molecule is CO[SiH](C)O[Si](C)(C)O[Si](C)(C)C. The molecule has 0 aromatic carbocycles. The van der Waals surface area contributed by atoms with Gasteiger partial charge in [0, 0.05) is 7.11 Å². The Morgan fingerprint density at radius 1 is 1.00 bits per heavy atom. The number of hydrogen-bond acceptors (Lipinski definition) is 3. The molecular weight excluding hydrogens is 216 g/mol. The van der Waals surface area contributed by atoms with Crippen LogP contribution in [0.5, 0.6) is 0 Å². The van der Waals surface area contributed by atoms with E-state index in [1.807, 2.05) is 6.55 Å². The molecule has 0 aliphatic carbocycles. The molecule has 6 heteroatoms. The Morgan fingerprint density at radius 3 is 1.77 bits per heavy atom. The van der Waals surface area contributed by atoms with E-state index >= 15 is 0 Å². The molecule has 0 N–H and O–H groups in total. The van der Waals surface area contributed by atoms with Crippen molar-refractivity contribution in [2.24, 2.45) is 0 Å². The lowest BCUT2D eigenvalue weighted by molar-refractivity contribution is 0.304. The van der Waals surface area contributed by atoms with Gasteiger partial charge in [-0.25, -0.2) is 0 Å². The number of rotatable bonds is 5. The molecule has 0 rings (SSSR count). The Morgan fingerprint density at radius 2 is 1.46 bits per heavy atom. The van der Waals surface area contributed by atoms with Crippen LogP contribution in [-0.4, -0.2) is 33.3 Å². The molecule has 3 nitrogen and oxygen atoms in total. The largest absolute Gasteiger partial charge is 0.437 e. The van der Waals surface area contributed by atoms with Gasteiger partial charge in [-0.15, -0.1) is 0 Å². The molecule has 0 aliphatic rings. The maximum Gasteiger partial charge on any atom is 0.312 e. The zero-order chi connectivity index (χ0) is 10.7. The topological polar surface area (TPSA) is 27.7 Å². The van der Waals surface area contributed by atoms with E-state index in [-0.39, 0.29) is 0 Å². The van der Waals surface area contributed by atoms with E-state index < -0.39 is 26.2 Å². The second kappa shape index (κ2) is 4.85. The minimum Gasteiger partial charge on any atom is -0.437 e. The first-order valence-corrected chi connectivity index (χ1v) is 12.9. The predicted molar refractivity (Wildman–Crippen MR) is 63.0 cm³/mol. The van der Waals surface area contributed by atoms with Crippen molar-refractivity contribution in [3.63, 3.8) is 0 Å². The van der Waals surface area contributed by atoms with E-state index in [2.05, 4.69) is 32.7 Å². The standard InChI is InChI=1S/C7H22O3Si3/c1-8-11(2)9-13(6,7)10-12(3,4)5/h11H,1-7H3. The summed E-state index contributed by atoms with van der Waals surface area (Å²) in [7, 11) is -3.13. The molecule has 0 aromatic rings. The van der Waals surface area contributed by atoms with Crippen LogP contribution in [0.1, 0.15) is 0 Å². The molecule has 0 heterocycles. The van der Waals surface area contributed by atoms with Gasteiger partial charge in [0.05, 0.1) is 0 Å². The second-order valence-corrected chi connectivity index (χ2v) is 14.9. The fourth-order valence-electron chi connectivity index (χ4n) is 1.21. The van der Waals surface area contributed by atoms with Crippen LogP contribution in [0.4, 0.5) is 0 Å². The summed E-state index contributed by atoms with van der Waals surface area (Å²) < 4.78 is 17.0. The minimum absolute atomic E-state index is 1.44. The molecule has 0 fully saturated rings. The summed E-state index contributed by atoms with van der Waals surface area (Å²) in [6.07, 6.45) is 0. The maximum atomic E-state index is 6.01. The third kappa shape index (κ3) is 7.59. The Bertz CT molecular complexity index is 156. The summed E-state index contributed by atoms with van der Waals surface area (Å²) in [4.78, 5) is 0. The quantitative estimate of drug-likeness (QED) is 0.686. The zero-order valence-corrected chi connectivity index (χ0v) is 13.0. The van der Waals surface area contributed by atoms with E-state index in [4.69, 9.17) is 12.7 Å². The van der Waals surface area contributed by atoms with E-state index in [1.165, 1.54) is 0 Å². The van der Waals surface area contributed by atoms with Gasteiger partial charge in [0.2, 0.25) is 0 Å². The van der Waals surface area contributed by atoms with E-state index in [0.29, 0.717) is 0 Å². The van der Waals surface area contributed by atoms with Gasteiger partial charge >= 0.3 is 17.8 Å². The van der Waals surface area contributed by atoms with Crippen molar-refractivity contribution in [3.05, 3.63) is 0 Å². The first-order valence-electron chi connectivity index (χ1n) is 4.57. The normalized spacial score (nSPS) is 15.9. The Hall–Kier alpha value is 0.531. The lowest BCUT2D eigenvalue weighted by atomic mass is 11.8. The molecule has 0 saturated carbocycles. The highest BCUT2D eigenvalue weighted by atomic mass is 28.5. The van der Waals surface area contributed by atoms with Crippen molar-refractivity contribution < 1.29 is 12.7 Å². The third-order valence-electron chi connectivity index (χ3n) is 1.33. The molecule has 0 bridgehead atoms. The van der Waals surface area contributed by atoms with Gasteiger partial charge in [-0.1, -0.05) is 0 Å². The van der Waals surface area contributed by atoms with Gasteiger partial charge in [0.25, 0.3) is 0 Å². The molecular formula is C7H22O3Si3. The molecule has 0 aliphatic heterocycles. The van der Waals surface area contributed by atoms with Crippen LogP contribution in [0.15, 0.2) is 0 Å². The summed E-state index contributed by atoms with van der Waals surface area (Å²) in [5.41, 5.74) is 0. The third-order valence-corrected chi connectivity index (χ3v) is 10.0.